The third-order valence-corrected chi connectivity index (χ3v) is 2.67. The third-order valence-electron chi connectivity index (χ3n) is 2.25. The second kappa shape index (κ2) is 5.68. The minimum atomic E-state index is -4.05. The molecule has 3 N–H and O–H groups in total. The van der Waals surface area contributed by atoms with Crippen molar-refractivity contribution in [2.24, 2.45) is 5.14 Å². The zero-order valence-corrected chi connectivity index (χ0v) is 11.0. The van der Waals surface area contributed by atoms with Gasteiger partial charge in [-0.2, -0.15) is 13.6 Å². The third kappa shape index (κ3) is 4.04. The fourth-order valence-electron chi connectivity index (χ4n) is 1.43. The van der Waals surface area contributed by atoms with E-state index in [4.69, 9.17) is 5.14 Å². The highest BCUT2D eigenvalue weighted by Crippen LogP contribution is 2.17. The van der Waals surface area contributed by atoms with Crippen LogP contribution < -0.4 is 14.6 Å². The van der Waals surface area contributed by atoms with Gasteiger partial charge in [-0.3, -0.25) is 9.78 Å². The van der Waals surface area contributed by atoms with Crippen LogP contribution in [0.25, 0.3) is 0 Å². The Hall–Kier alpha value is -2.45. The van der Waals surface area contributed by atoms with Gasteiger partial charge in [0.25, 0.3) is 5.91 Å². The molecule has 7 nitrogen and oxygen atoms in total. The first-order chi connectivity index (χ1) is 9.44. The number of pyridine rings is 1. The summed E-state index contributed by atoms with van der Waals surface area (Å²) in [6.45, 7) is 0. The smallest absolute Gasteiger partial charge is 0.371 e. The van der Waals surface area contributed by atoms with Gasteiger partial charge in [0.1, 0.15) is 5.75 Å². The Balaban J connectivity index is 2.06. The molecule has 0 aliphatic rings. The molecule has 0 aliphatic heterocycles. The predicted octanol–water partition coefficient (Wildman–Crippen LogP) is 0.916. The van der Waals surface area contributed by atoms with E-state index in [9.17, 15) is 13.2 Å². The molecule has 0 saturated carbocycles. The number of nitrogens with one attached hydrogen (secondary N) is 1. The fourth-order valence-corrected chi connectivity index (χ4v) is 1.81. The number of hydrogen-bond donors (Lipinski definition) is 2. The lowest BCUT2D eigenvalue weighted by atomic mass is 10.2. The zero-order valence-electron chi connectivity index (χ0n) is 10.2. The van der Waals surface area contributed by atoms with E-state index in [1.807, 2.05) is 0 Å². The Labute approximate surface area is 115 Å². The van der Waals surface area contributed by atoms with Crippen molar-refractivity contribution in [2.75, 3.05) is 5.32 Å². The van der Waals surface area contributed by atoms with Gasteiger partial charge in [0.2, 0.25) is 0 Å². The first kappa shape index (κ1) is 14.0. The molecule has 0 aliphatic carbocycles. The van der Waals surface area contributed by atoms with Crippen LogP contribution in [-0.2, 0) is 10.3 Å². The van der Waals surface area contributed by atoms with Gasteiger partial charge < -0.3 is 9.50 Å². The first-order valence-electron chi connectivity index (χ1n) is 5.48. The second-order valence-corrected chi connectivity index (χ2v) is 4.95. The molecule has 1 aromatic carbocycles. The summed E-state index contributed by atoms with van der Waals surface area (Å²) in [5, 5.41) is 7.37. The molecular weight excluding hydrogens is 282 g/mol. The van der Waals surface area contributed by atoms with E-state index in [0.29, 0.717) is 11.3 Å². The predicted molar refractivity (Wildman–Crippen MR) is 72.4 cm³/mol. The highest BCUT2D eigenvalue weighted by molar-refractivity contribution is 7.84. The van der Waals surface area contributed by atoms with Crippen LogP contribution >= 0.6 is 0 Å². The molecule has 1 aromatic heterocycles. The molecule has 0 radical (unpaired) electrons. The van der Waals surface area contributed by atoms with E-state index in [2.05, 4.69) is 14.5 Å². The number of nitrogens with two attached hydrogens (primary N) is 1. The molecule has 0 spiro atoms. The van der Waals surface area contributed by atoms with Crippen molar-refractivity contribution in [1.82, 2.24) is 4.98 Å². The Kier molecular flexibility index (Phi) is 3.97. The first-order valence-corrected chi connectivity index (χ1v) is 6.95. The Morgan fingerprint density at radius 1 is 1.20 bits per heavy atom. The van der Waals surface area contributed by atoms with Gasteiger partial charge in [0.15, 0.2) is 0 Å². The van der Waals surface area contributed by atoms with E-state index >= 15 is 0 Å². The summed E-state index contributed by atoms with van der Waals surface area (Å²) in [4.78, 5) is 15.7. The number of anilines is 1. The SMILES string of the molecule is NS(=O)(=O)Oc1ccc(NC(=O)c2cccnc2)cc1. The molecule has 104 valence electrons. The largest absolute Gasteiger partial charge is 0.380 e. The van der Waals surface area contributed by atoms with Crippen molar-refractivity contribution >= 4 is 21.9 Å². The maximum atomic E-state index is 11.8. The summed E-state index contributed by atoms with van der Waals surface area (Å²) in [5.74, 6) is -0.259. The summed E-state index contributed by atoms with van der Waals surface area (Å²) in [7, 11) is -4.05. The molecule has 2 aromatic rings. The van der Waals surface area contributed by atoms with Crippen LogP contribution in [0.5, 0.6) is 5.75 Å². The van der Waals surface area contributed by atoms with E-state index in [0.717, 1.165) is 0 Å². The number of carbonyl (C=O) groups excluding carboxylic acids is 1. The molecular formula is C12H11N3O4S. The van der Waals surface area contributed by atoms with Crippen LogP contribution in [0, 0.1) is 0 Å². The van der Waals surface area contributed by atoms with Crippen molar-refractivity contribution < 1.29 is 17.4 Å². The Morgan fingerprint density at radius 2 is 1.90 bits per heavy atom. The number of amides is 1. The van der Waals surface area contributed by atoms with E-state index in [-0.39, 0.29) is 11.7 Å². The fraction of sp³-hybridized carbons (Fsp3) is 0. The molecule has 0 fully saturated rings. The summed E-state index contributed by atoms with van der Waals surface area (Å²) < 4.78 is 25.9. The minimum absolute atomic E-state index is 0.0619. The summed E-state index contributed by atoms with van der Waals surface area (Å²) >= 11 is 0. The topological polar surface area (TPSA) is 111 Å². The van der Waals surface area contributed by atoms with Gasteiger partial charge in [-0.15, -0.1) is 0 Å². The number of hydrogen-bond acceptors (Lipinski definition) is 5. The lowest BCUT2D eigenvalue weighted by Gasteiger charge is -2.06. The Bertz CT molecular complexity index is 699. The van der Waals surface area contributed by atoms with Gasteiger partial charge in [-0.1, -0.05) is 0 Å². The van der Waals surface area contributed by atoms with Gasteiger partial charge in [-0.25, -0.2) is 0 Å². The van der Waals surface area contributed by atoms with Crippen molar-refractivity contribution in [2.45, 2.75) is 0 Å². The molecule has 0 saturated heterocycles. The molecule has 1 amide bonds. The second-order valence-electron chi connectivity index (χ2n) is 3.80. The van der Waals surface area contributed by atoms with Gasteiger partial charge >= 0.3 is 10.3 Å². The highest BCUT2D eigenvalue weighted by atomic mass is 32.2. The summed E-state index contributed by atoms with van der Waals surface area (Å²) in [5.41, 5.74) is 0.901. The summed E-state index contributed by atoms with van der Waals surface area (Å²) in [6, 6.07) is 9.02. The van der Waals surface area contributed by atoms with Crippen molar-refractivity contribution in [3.8, 4) is 5.75 Å². The molecule has 0 atom stereocenters. The van der Waals surface area contributed by atoms with Crippen LogP contribution in [-0.4, -0.2) is 19.3 Å². The number of rotatable bonds is 4. The van der Waals surface area contributed by atoms with E-state index in [1.165, 1.54) is 30.5 Å². The normalized spacial score (nSPS) is 10.8. The zero-order chi connectivity index (χ0) is 14.6. The molecule has 0 unspecified atom stereocenters. The molecule has 2 rings (SSSR count). The molecule has 8 heteroatoms. The van der Waals surface area contributed by atoms with E-state index < -0.39 is 10.3 Å². The van der Waals surface area contributed by atoms with Crippen LogP contribution in [0.4, 0.5) is 5.69 Å². The number of benzene rings is 1. The van der Waals surface area contributed by atoms with Crippen molar-refractivity contribution in [1.29, 1.82) is 0 Å². The lowest BCUT2D eigenvalue weighted by molar-refractivity contribution is 0.102. The van der Waals surface area contributed by atoms with Gasteiger partial charge in [0.05, 0.1) is 5.56 Å². The van der Waals surface area contributed by atoms with E-state index in [1.54, 1.807) is 18.3 Å². The Morgan fingerprint density at radius 3 is 2.45 bits per heavy atom. The molecule has 0 bridgehead atoms. The summed E-state index contributed by atoms with van der Waals surface area (Å²) in [6.07, 6.45) is 3.00. The monoisotopic (exact) mass is 293 g/mol. The average Bonchev–Trinajstić information content (AvgIpc) is 2.40. The maximum Gasteiger partial charge on any atom is 0.380 e. The van der Waals surface area contributed by atoms with Gasteiger partial charge in [0, 0.05) is 18.1 Å². The maximum absolute atomic E-state index is 11.8. The quantitative estimate of drug-likeness (QED) is 0.870. The molecule has 1 heterocycles. The number of carbonyl (C=O) groups is 1. The van der Waals surface area contributed by atoms with Crippen molar-refractivity contribution in [3.63, 3.8) is 0 Å². The molecule has 20 heavy (non-hydrogen) atoms. The van der Waals surface area contributed by atoms with Crippen LogP contribution in [0.2, 0.25) is 0 Å². The van der Waals surface area contributed by atoms with Crippen LogP contribution in [0.1, 0.15) is 10.4 Å². The lowest BCUT2D eigenvalue weighted by Crippen LogP contribution is -2.19. The number of aromatic nitrogens is 1. The van der Waals surface area contributed by atoms with Crippen LogP contribution in [0.15, 0.2) is 48.8 Å². The highest BCUT2D eigenvalue weighted by Gasteiger charge is 2.07. The minimum Gasteiger partial charge on any atom is -0.371 e. The van der Waals surface area contributed by atoms with Crippen LogP contribution in [0.3, 0.4) is 0 Å². The standard InChI is InChI=1S/C12H11N3O4S/c13-20(17,18)19-11-5-3-10(4-6-11)15-12(16)9-2-1-7-14-8-9/h1-8H,(H,15,16)(H2,13,17,18). The van der Waals surface area contributed by atoms with Gasteiger partial charge in [-0.05, 0) is 36.4 Å². The number of nitrogens with zero attached hydrogens (tertiary/aromatic N) is 1. The average molecular weight is 293 g/mol. The van der Waals surface area contributed by atoms with Crippen molar-refractivity contribution in [3.05, 3.63) is 54.4 Å².